The maximum absolute atomic E-state index is 13.4. The van der Waals surface area contributed by atoms with Gasteiger partial charge >= 0.3 is 0 Å². The molecule has 0 saturated carbocycles. The van der Waals surface area contributed by atoms with Gasteiger partial charge in [0, 0.05) is 30.1 Å². The highest BCUT2D eigenvalue weighted by Crippen LogP contribution is 2.19. The minimum absolute atomic E-state index is 0.0655. The molecule has 0 saturated heterocycles. The zero-order chi connectivity index (χ0) is 19.1. The molecule has 0 radical (unpaired) electrons. The lowest BCUT2D eigenvalue weighted by molar-refractivity contribution is -0.121. The number of aromatic amines is 1. The van der Waals surface area contributed by atoms with Gasteiger partial charge in [-0.05, 0) is 67.1 Å². The summed E-state index contributed by atoms with van der Waals surface area (Å²) in [5, 5.41) is 3.83. The number of aromatic nitrogens is 1. The molecule has 0 aliphatic carbocycles. The van der Waals surface area contributed by atoms with Gasteiger partial charge in [-0.1, -0.05) is 12.1 Å². The van der Waals surface area contributed by atoms with Crippen LogP contribution < -0.4 is 10.1 Å². The van der Waals surface area contributed by atoms with E-state index in [9.17, 15) is 9.18 Å². The fraction of sp³-hybridized carbons (Fsp3) is 0.318. The Balaban J connectivity index is 1.35. The van der Waals surface area contributed by atoms with E-state index in [1.807, 2.05) is 18.3 Å². The van der Waals surface area contributed by atoms with Crippen molar-refractivity contribution in [2.45, 2.75) is 32.1 Å². The molecule has 142 valence electrons. The van der Waals surface area contributed by atoms with Crippen molar-refractivity contribution in [2.24, 2.45) is 0 Å². The fourth-order valence-corrected chi connectivity index (χ4v) is 3.19. The van der Waals surface area contributed by atoms with E-state index in [0.29, 0.717) is 19.4 Å². The number of rotatable bonds is 9. The second-order valence-electron chi connectivity index (χ2n) is 6.66. The van der Waals surface area contributed by atoms with Gasteiger partial charge in [-0.15, -0.1) is 0 Å². The summed E-state index contributed by atoms with van der Waals surface area (Å²) >= 11 is 0. The van der Waals surface area contributed by atoms with Gasteiger partial charge in [0.1, 0.15) is 11.6 Å². The van der Waals surface area contributed by atoms with E-state index in [1.54, 1.807) is 13.2 Å². The Labute approximate surface area is 158 Å². The Hall–Kier alpha value is -2.82. The minimum Gasteiger partial charge on any atom is -0.497 e. The summed E-state index contributed by atoms with van der Waals surface area (Å²) in [5.41, 5.74) is 3.18. The van der Waals surface area contributed by atoms with Gasteiger partial charge in [-0.3, -0.25) is 4.79 Å². The molecule has 2 N–H and O–H groups in total. The van der Waals surface area contributed by atoms with Gasteiger partial charge in [-0.2, -0.15) is 0 Å². The monoisotopic (exact) mass is 368 g/mol. The average Bonchev–Trinajstić information content (AvgIpc) is 3.08. The highest BCUT2D eigenvalue weighted by molar-refractivity contribution is 5.83. The number of nitrogens with one attached hydrogen (secondary N) is 2. The van der Waals surface area contributed by atoms with Crippen LogP contribution in [0.15, 0.2) is 48.7 Å². The van der Waals surface area contributed by atoms with Crippen molar-refractivity contribution in [3.8, 4) is 5.75 Å². The molecular weight excluding hydrogens is 343 g/mol. The van der Waals surface area contributed by atoms with Gasteiger partial charge in [0.25, 0.3) is 0 Å². The van der Waals surface area contributed by atoms with Gasteiger partial charge in [-0.25, -0.2) is 4.39 Å². The Kier molecular flexibility index (Phi) is 6.47. The predicted molar refractivity (Wildman–Crippen MR) is 106 cm³/mol. The first-order chi connectivity index (χ1) is 13.2. The van der Waals surface area contributed by atoms with Crippen LogP contribution in [-0.2, 0) is 17.6 Å². The van der Waals surface area contributed by atoms with Crippen molar-refractivity contribution in [1.82, 2.24) is 10.3 Å². The minimum atomic E-state index is -0.246. The molecule has 3 rings (SSSR count). The number of H-pyrrole nitrogens is 1. The zero-order valence-electron chi connectivity index (χ0n) is 15.6. The molecule has 27 heavy (non-hydrogen) atoms. The lowest BCUT2D eigenvalue weighted by atomic mass is 10.1. The molecule has 0 spiro atoms. The number of benzene rings is 2. The van der Waals surface area contributed by atoms with Crippen LogP contribution in [0.4, 0.5) is 4.39 Å². The van der Waals surface area contributed by atoms with Crippen LogP contribution in [0, 0.1) is 5.82 Å². The summed E-state index contributed by atoms with van der Waals surface area (Å²) in [6.45, 7) is 0.556. The first kappa shape index (κ1) is 19.0. The second-order valence-corrected chi connectivity index (χ2v) is 6.66. The number of halogens is 1. The standard InChI is InChI=1S/C22H25FN2O2/c1-27-19-9-6-16(7-10-19)4-2-3-5-22(26)24-13-12-17-15-25-21-11-8-18(23)14-20(17)21/h6-11,14-15,25H,2-5,12-13H2,1H3,(H,24,26). The number of amides is 1. The van der Waals surface area contributed by atoms with Crippen molar-refractivity contribution in [1.29, 1.82) is 0 Å². The zero-order valence-corrected chi connectivity index (χ0v) is 15.6. The van der Waals surface area contributed by atoms with Gasteiger partial charge in [0.2, 0.25) is 5.91 Å². The molecule has 1 amide bonds. The number of fused-ring (bicyclic) bond motifs is 1. The number of hydrogen-bond donors (Lipinski definition) is 2. The molecule has 4 nitrogen and oxygen atoms in total. The lowest BCUT2D eigenvalue weighted by Crippen LogP contribution is -2.25. The van der Waals surface area contributed by atoms with E-state index in [1.165, 1.54) is 17.7 Å². The number of hydrogen-bond acceptors (Lipinski definition) is 2. The molecule has 2 aromatic carbocycles. The van der Waals surface area contributed by atoms with Gasteiger partial charge in [0.15, 0.2) is 0 Å². The number of methoxy groups -OCH3 is 1. The van der Waals surface area contributed by atoms with Gasteiger partial charge in [0.05, 0.1) is 7.11 Å². The number of ether oxygens (including phenoxy) is 1. The Morgan fingerprint density at radius 1 is 1.11 bits per heavy atom. The fourth-order valence-electron chi connectivity index (χ4n) is 3.19. The summed E-state index contributed by atoms with van der Waals surface area (Å²) in [4.78, 5) is 15.1. The molecule has 3 aromatic rings. The van der Waals surface area contributed by atoms with Crippen molar-refractivity contribution in [3.63, 3.8) is 0 Å². The first-order valence-electron chi connectivity index (χ1n) is 9.31. The van der Waals surface area contributed by atoms with Crippen molar-refractivity contribution in [3.05, 3.63) is 65.6 Å². The van der Waals surface area contributed by atoms with Crippen LogP contribution in [0.1, 0.15) is 30.4 Å². The van der Waals surface area contributed by atoms with Crippen LogP contribution in [0.2, 0.25) is 0 Å². The molecule has 0 unspecified atom stereocenters. The predicted octanol–water partition coefficient (Wildman–Crippen LogP) is 4.39. The largest absolute Gasteiger partial charge is 0.497 e. The lowest BCUT2D eigenvalue weighted by Gasteiger charge is -2.06. The topological polar surface area (TPSA) is 54.1 Å². The molecule has 5 heteroatoms. The SMILES string of the molecule is COc1ccc(CCCCC(=O)NCCc2c[nH]c3ccc(F)cc23)cc1. The molecule has 0 atom stereocenters. The van der Waals surface area contributed by atoms with Gasteiger partial charge < -0.3 is 15.0 Å². The second kappa shape index (κ2) is 9.21. The maximum Gasteiger partial charge on any atom is 0.220 e. The number of carbonyl (C=O) groups excluding carboxylic acids is 1. The molecule has 0 aliphatic rings. The molecule has 0 aliphatic heterocycles. The molecule has 0 bridgehead atoms. The van der Waals surface area contributed by atoms with Crippen LogP contribution in [-0.4, -0.2) is 24.5 Å². The van der Waals surface area contributed by atoms with Crippen molar-refractivity contribution in [2.75, 3.05) is 13.7 Å². The summed E-state index contributed by atoms with van der Waals surface area (Å²) < 4.78 is 18.5. The quantitative estimate of drug-likeness (QED) is 0.551. The normalized spacial score (nSPS) is 10.9. The first-order valence-corrected chi connectivity index (χ1v) is 9.31. The smallest absolute Gasteiger partial charge is 0.220 e. The number of aryl methyl sites for hydroxylation is 1. The molecule has 0 fully saturated rings. The molecule has 1 heterocycles. The highest BCUT2D eigenvalue weighted by atomic mass is 19.1. The third kappa shape index (κ3) is 5.33. The third-order valence-electron chi connectivity index (χ3n) is 4.72. The average molecular weight is 368 g/mol. The molecule has 1 aromatic heterocycles. The van der Waals surface area contributed by atoms with Crippen molar-refractivity contribution >= 4 is 16.8 Å². The Morgan fingerprint density at radius 2 is 1.93 bits per heavy atom. The van der Waals surface area contributed by atoms with Crippen LogP contribution in [0.3, 0.4) is 0 Å². The van der Waals surface area contributed by atoms with E-state index in [2.05, 4.69) is 22.4 Å². The van der Waals surface area contributed by atoms with E-state index in [0.717, 1.165) is 41.5 Å². The summed E-state index contributed by atoms with van der Waals surface area (Å²) in [7, 11) is 1.66. The van der Waals surface area contributed by atoms with Crippen LogP contribution in [0.5, 0.6) is 5.75 Å². The third-order valence-corrected chi connectivity index (χ3v) is 4.72. The van der Waals surface area contributed by atoms with E-state index in [4.69, 9.17) is 4.74 Å². The highest BCUT2D eigenvalue weighted by Gasteiger charge is 2.06. The van der Waals surface area contributed by atoms with E-state index in [-0.39, 0.29) is 11.7 Å². The molecular formula is C22H25FN2O2. The van der Waals surface area contributed by atoms with Crippen LogP contribution >= 0.6 is 0 Å². The summed E-state index contributed by atoms with van der Waals surface area (Å²) in [6, 6.07) is 12.7. The number of carbonyl (C=O) groups is 1. The number of unbranched alkanes of at least 4 members (excludes halogenated alkanes) is 1. The summed E-state index contributed by atoms with van der Waals surface area (Å²) in [6.07, 6.45) is 5.88. The Morgan fingerprint density at radius 3 is 2.70 bits per heavy atom. The van der Waals surface area contributed by atoms with Crippen molar-refractivity contribution < 1.29 is 13.9 Å². The van der Waals surface area contributed by atoms with E-state index >= 15 is 0 Å². The maximum atomic E-state index is 13.4. The Bertz CT molecular complexity index is 887. The summed E-state index contributed by atoms with van der Waals surface area (Å²) in [5.74, 6) is 0.677. The van der Waals surface area contributed by atoms with Crippen LogP contribution in [0.25, 0.3) is 10.9 Å². The van der Waals surface area contributed by atoms with E-state index < -0.39 is 0 Å².